The molecule has 0 aromatic carbocycles. The molecule has 0 unspecified atom stereocenters. The molecule has 0 aromatic heterocycles. The molecule has 0 atom stereocenters. The zero-order chi connectivity index (χ0) is 11.1. The first kappa shape index (κ1) is 12.0. The van der Waals surface area contributed by atoms with Crippen LogP contribution in [0.1, 0.15) is 51.4 Å². The summed E-state index contributed by atoms with van der Waals surface area (Å²) in [5, 5.41) is 0. The Morgan fingerprint density at radius 3 is 2.62 bits per heavy atom. The molecule has 2 nitrogen and oxygen atoms in total. The third-order valence-electron chi connectivity index (χ3n) is 3.73. The summed E-state index contributed by atoms with van der Waals surface area (Å²) in [6.07, 6.45) is 12.3. The summed E-state index contributed by atoms with van der Waals surface area (Å²) in [6.45, 7) is 2.80. The lowest BCUT2D eigenvalue weighted by Gasteiger charge is -2.21. The molecule has 0 spiro atoms. The molecular formula is C14H24O2. The van der Waals surface area contributed by atoms with Crippen LogP contribution in [0.4, 0.5) is 0 Å². The second kappa shape index (κ2) is 6.95. The van der Waals surface area contributed by atoms with Gasteiger partial charge in [0, 0.05) is 13.2 Å². The van der Waals surface area contributed by atoms with Gasteiger partial charge >= 0.3 is 0 Å². The first-order chi connectivity index (χ1) is 7.95. The summed E-state index contributed by atoms with van der Waals surface area (Å²) in [4.78, 5) is 0. The van der Waals surface area contributed by atoms with Crippen LogP contribution in [0.3, 0.4) is 0 Å². The summed E-state index contributed by atoms with van der Waals surface area (Å²) in [5.74, 6) is 0.832. The maximum atomic E-state index is 5.67. The molecule has 92 valence electrons. The van der Waals surface area contributed by atoms with Crippen molar-refractivity contribution in [3.63, 3.8) is 0 Å². The van der Waals surface area contributed by atoms with Gasteiger partial charge in [-0.3, -0.25) is 0 Å². The van der Waals surface area contributed by atoms with E-state index in [1.54, 1.807) is 0 Å². The standard InChI is InChI=1S/C14H24O2/c1-2-4-14(5-3-1)12-16-11-8-13-6-9-15-10-7-13/h12-13H,1-11H2. The van der Waals surface area contributed by atoms with Crippen molar-refractivity contribution >= 4 is 0 Å². The van der Waals surface area contributed by atoms with Gasteiger partial charge in [0.1, 0.15) is 0 Å². The van der Waals surface area contributed by atoms with Gasteiger partial charge in [0.15, 0.2) is 0 Å². The van der Waals surface area contributed by atoms with E-state index in [-0.39, 0.29) is 0 Å². The fraction of sp³-hybridized carbons (Fsp3) is 0.857. The van der Waals surface area contributed by atoms with Crippen LogP contribution in [0.5, 0.6) is 0 Å². The number of allylic oxidation sites excluding steroid dienone is 1. The maximum absolute atomic E-state index is 5.67. The van der Waals surface area contributed by atoms with Crippen molar-refractivity contribution in [3.8, 4) is 0 Å². The Kier molecular flexibility index (Phi) is 5.20. The second-order valence-electron chi connectivity index (χ2n) is 5.05. The minimum atomic E-state index is 0.832. The van der Waals surface area contributed by atoms with Crippen molar-refractivity contribution in [3.05, 3.63) is 11.8 Å². The molecule has 1 saturated heterocycles. The fourth-order valence-corrected chi connectivity index (χ4v) is 2.57. The molecule has 2 heteroatoms. The van der Waals surface area contributed by atoms with E-state index < -0.39 is 0 Å². The Hall–Kier alpha value is -0.500. The molecule has 1 heterocycles. The van der Waals surface area contributed by atoms with Gasteiger partial charge in [0.05, 0.1) is 12.9 Å². The Labute approximate surface area is 99.0 Å². The second-order valence-corrected chi connectivity index (χ2v) is 5.05. The highest BCUT2D eigenvalue weighted by Gasteiger charge is 2.13. The Bertz CT molecular complexity index is 209. The van der Waals surface area contributed by atoms with Gasteiger partial charge < -0.3 is 9.47 Å². The highest BCUT2D eigenvalue weighted by Crippen LogP contribution is 2.23. The van der Waals surface area contributed by atoms with Gasteiger partial charge in [0.2, 0.25) is 0 Å². The van der Waals surface area contributed by atoms with E-state index in [1.165, 1.54) is 56.9 Å². The van der Waals surface area contributed by atoms with E-state index >= 15 is 0 Å². The molecule has 16 heavy (non-hydrogen) atoms. The lowest BCUT2D eigenvalue weighted by atomic mass is 9.96. The van der Waals surface area contributed by atoms with Crippen LogP contribution >= 0.6 is 0 Å². The molecular weight excluding hydrogens is 200 g/mol. The number of hydrogen-bond donors (Lipinski definition) is 0. The summed E-state index contributed by atoms with van der Waals surface area (Å²) < 4.78 is 11.0. The highest BCUT2D eigenvalue weighted by atomic mass is 16.5. The van der Waals surface area contributed by atoms with Crippen molar-refractivity contribution in [2.45, 2.75) is 51.4 Å². The molecule has 0 amide bonds. The summed E-state index contributed by atoms with van der Waals surface area (Å²) >= 11 is 0. The molecule has 0 aromatic rings. The normalized spacial score (nSPS) is 23.1. The Morgan fingerprint density at radius 1 is 1.12 bits per heavy atom. The maximum Gasteiger partial charge on any atom is 0.0876 e. The fourth-order valence-electron chi connectivity index (χ4n) is 2.57. The first-order valence-electron chi connectivity index (χ1n) is 6.82. The van der Waals surface area contributed by atoms with Crippen LogP contribution in [0.15, 0.2) is 11.8 Å². The Balaban J connectivity index is 1.56. The van der Waals surface area contributed by atoms with Crippen molar-refractivity contribution in [1.82, 2.24) is 0 Å². The third-order valence-corrected chi connectivity index (χ3v) is 3.73. The van der Waals surface area contributed by atoms with E-state index in [9.17, 15) is 0 Å². The van der Waals surface area contributed by atoms with Crippen LogP contribution in [0, 0.1) is 5.92 Å². The largest absolute Gasteiger partial charge is 0.501 e. The number of rotatable bonds is 4. The van der Waals surface area contributed by atoms with Crippen molar-refractivity contribution in [2.24, 2.45) is 5.92 Å². The lowest BCUT2D eigenvalue weighted by Crippen LogP contribution is -2.16. The quantitative estimate of drug-likeness (QED) is 0.536. The molecule has 0 radical (unpaired) electrons. The predicted molar refractivity (Wildman–Crippen MR) is 65.3 cm³/mol. The van der Waals surface area contributed by atoms with Crippen LogP contribution in [0.25, 0.3) is 0 Å². The zero-order valence-electron chi connectivity index (χ0n) is 10.2. The molecule has 2 fully saturated rings. The van der Waals surface area contributed by atoms with Crippen LogP contribution in [0.2, 0.25) is 0 Å². The molecule has 2 aliphatic rings. The monoisotopic (exact) mass is 224 g/mol. The number of ether oxygens (including phenoxy) is 2. The predicted octanol–water partition coefficient (Wildman–Crippen LogP) is 3.67. The molecule has 1 aliphatic carbocycles. The van der Waals surface area contributed by atoms with E-state index in [2.05, 4.69) is 0 Å². The van der Waals surface area contributed by atoms with Crippen molar-refractivity contribution in [1.29, 1.82) is 0 Å². The average molecular weight is 224 g/mol. The smallest absolute Gasteiger partial charge is 0.0876 e. The minimum Gasteiger partial charge on any atom is -0.501 e. The lowest BCUT2D eigenvalue weighted by molar-refractivity contribution is 0.0567. The third kappa shape index (κ3) is 4.17. The zero-order valence-corrected chi connectivity index (χ0v) is 10.2. The van der Waals surface area contributed by atoms with Gasteiger partial charge in [0.25, 0.3) is 0 Å². The van der Waals surface area contributed by atoms with Crippen LogP contribution in [-0.4, -0.2) is 19.8 Å². The van der Waals surface area contributed by atoms with E-state index in [4.69, 9.17) is 9.47 Å². The minimum absolute atomic E-state index is 0.832. The molecule has 1 saturated carbocycles. The van der Waals surface area contributed by atoms with E-state index in [1.807, 2.05) is 6.26 Å². The molecule has 0 N–H and O–H groups in total. The van der Waals surface area contributed by atoms with Crippen molar-refractivity contribution in [2.75, 3.05) is 19.8 Å². The van der Waals surface area contributed by atoms with Gasteiger partial charge in [-0.15, -0.1) is 0 Å². The first-order valence-corrected chi connectivity index (χ1v) is 6.82. The van der Waals surface area contributed by atoms with E-state index in [0.717, 1.165) is 25.7 Å². The SMILES string of the molecule is C(OCCC1CCOCC1)=C1CCCCC1. The van der Waals surface area contributed by atoms with Gasteiger partial charge in [-0.25, -0.2) is 0 Å². The topological polar surface area (TPSA) is 18.5 Å². The highest BCUT2D eigenvalue weighted by molar-refractivity contribution is 5.00. The Morgan fingerprint density at radius 2 is 1.88 bits per heavy atom. The molecule has 2 rings (SSSR count). The van der Waals surface area contributed by atoms with Crippen LogP contribution in [-0.2, 0) is 9.47 Å². The number of hydrogen-bond acceptors (Lipinski definition) is 2. The van der Waals surface area contributed by atoms with Gasteiger partial charge in [-0.2, -0.15) is 0 Å². The average Bonchev–Trinajstić information content (AvgIpc) is 2.37. The van der Waals surface area contributed by atoms with Gasteiger partial charge in [-0.1, -0.05) is 6.42 Å². The van der Waals surface area contributed by atoms with Crippen molar-refractivity contribution < 1.29 is 9.47 Å². The van der Waals surface area contributed by atoms with Crippen LogP contribution < -0.4 is 0 Å². The van der Waals surface area contributed by atoms with E-state index in [0.29, 0.717) is 0 Å². The summed E-state index contributed by atoms with van der Waals surface area (Å²) in [7, 11) is 0. The molecule has 0 bridgehead atoms. The molecule has 1 aliphatic heterocycles. The summed E-state index contributed by atoms with van der Waals surface area (Å²) in [6, 6.07) is 0. The van der Waals surface area contributed by atoms with Gasteiger partial charge in [-0.05, 0) is 56.4 Å². The summed E-state index contributed by atoms with van der Waals surface area (Å²) in [5.41, 5.74) is 1.53.